The van der Waals surface area contributed by atoms with Crippen molar-refractivity contribution in [1.82, 2.24) is 9.80 Å². The van der Waals surface area contributed by atoms with Crippen molar-refractivity contribution in [1.29, 1.82) is 0 Å². The molecular formula is C22H28Cl2N4. The SMILES string of the molecule is CCCN=C(N)N1CCN(C(c2ccc(C)cc2)c2ccc(Cl)cc2Cl)CC1. The zero-order valence-electron chi connectivity index (χ0n) is 16.5. The molecule has 2 N–H and O–H groups in total. The molecule has 1 saturated heterocycles. The van der Waals surface area contributed by atoms with Gasteiger partial charge in [0.25, 0.3) is 0 Å². The predicted octanol–water partition coefficient (Wildman–Crippen LogP) is 4.73. The number of guanidine groups is 1. The second kappa shape index (κ2) is 9.64. The highest BCUT2D eigenvalue weighted by molar-refractivity contribution is 6.35. The van der Waals surface area contributed by atoms with Crippen molar-refractivity contribution in [3.8, 4) is 0 Å². The van der Waals surface area contributed by atoms with E-state index in [1.165, 1.54) is 11.1 Å². The van der Waals surface area contributed by atoms with Crippen LogP contribution in [0, 0.1) is 6.92 Å². The summed E-state index contributed by atoms with van der Waals surface area (Å²) in [6.45, 7) is 8.47. The van der Waals surface area contributed by atoms with Gasteiger partial charge in [-0.05, 0) is 36.6 Å². The number of aryl methyl sites for hydroxylation is 1. The van der Waals surface area contributed by atoms with E-state index in [-0.39, 0.29) is 6.04 Å². The fourth-order valence-electron chi connectivity index (χ4n) is 3.59. The second-order valence-corrected chi connectivity index (χ2v) is 8.09. The lowest BCUT2D eigenvalue weighted by Gasteiger charge is -2.40. The summed E-state index contributed by atoms with van der Waals surface area (Å²) in [6, 6.07) is 14.5. The normalized spacial score (nSPS) is 17.0. The topological polar surface area (TPSA) is 44.9 Å². The van der Waals surface area contributed by atoms with Gasteiger partial charge in [-0.2, -0.15) is 0 Å². The first kappa shape index (κ1) is 21.0. The number of piperazine rings is 1. The van der Waals surface area contributed by atoms with Gasteiger partial charge in [-0.1, -0.05) is 66.0 Å². The van der Waals surface area contributed by atoms with Gasteiger partial charge in [0.2, 0.25) is 0 Å². The number of rotatable bonds is 5. The third-order valence-electron chi connectivity index (χ3n) is 5.15. The van der Waals surface area contributed by atoms with E-state index in [4.69, 9.17) is 28.9 Å². The number of benzene rings is 2. The molecule has 4 nitrogen and oxygen atoms in total. The van der Waals surface area contributed by atoms with Crippen LogP contribution in [0.2, 0.25) is 10.0 Å². The first-order valence-electron chi connectivity index (χ1n) is 9.80. The summed E-state index contributed by atoms with van der Waals surface area (Å²) in [7, 11) is 0. The average Bonchev–Trinajstić information content (AvgIpc) is 2.70. The molecule has 3 rings (SSSR count). The summed E-state index contributed by atoms with van der Waals surface area (Å²) in [5.41, 5.74) is 9.71. The Labute approximate surface area is 177 Å². The van der Waals surface area contributed by atoms with E-state index in [0.29, 0.717) is 16.0 Å². The Morgan fingerprint density at radius 2 is 1.75 bits per heavy atom. The van der Waals surface area contributed by atoms with Gasteiger partial charge in [0.15, 0.2) is 5.96 Å². The second-order valence-electron chi connectivity index (χ2n) is 7.24. The molecule has 0 bridgehead atoms. The highest BCUT2D eigenvalue weighted by Crippen LogP contribution is 2.35. The summed E-state index contributed by atoms with van der Waals surface area (Å²) in [5, 5.41) is 1.35. The van der Waals surface area contributed by atoms with Crippen LogP contribution in [-0.2, 0) is 0 Å². The van der Waals surface area contributed by atoms with Gasteiger partial charge >= 0.3 is 0 Å². The van der Waals surface area contributed by atoms with E-state index in [1.54, 1.807) is 0 Å². The standard InChI is InChI=1S/C22H28Cl2N4/c1-3-10-26-22(25)28-13-11-27(12-14-28)21(17-6-4-16(2)5-7-17)19-9-8-18(23)15-20(19)24/h4-9,15,21H,3,10-14H2,1-2H3,(H2,25,26). The Hall–Kier alpha value is -1.75. The third kappa shape index (κ3) is 4.99. The molecule has 150 valence electrons. The minimum Gasteiger partial charge on any atom is -0.370 e. The quantitative estimate of drug-likeness (QED) is 0.563. The van der Waals surface area contributed by atoms with E-state index in [0.717, 1.165) is 44.7 Å². The van der Waals surface area contributed by atoms with Crippen LogP contribution in [0.1, 0.15) is 36.1 Å². The number of aliphatic imine (C=N–C) groups is 1. The maximum Gasteiger partial charge on any atom is 0.191 e. The minimum atomic E-state index is 0.0846. The zero-order valence-corrected chi connectivity index (χ0v) is 18.0. The molecule has 1 atom stereocenters. The van der Waals surface area contributed by atoms with Crippen molar-refractivity contribution in [2.75, 3.05) is 32.7 Å². The fraction of sp³-hybridized carbons (Fsp3) is 0.409. The molecule has 0 spiro atoms. The number of halogens is 2. The zero-order chi connectivity index (χ0) is 20.1. The Bertz CT molecular complexity index is 812. The highest BCUT2D eigenvalue weighted by Gasteiger charge is 2.28. The molecular weight excluding hydrogens is 391 g/mol. The van der Waals surface area contributed by atoms with Gasteiger partial charge in [0, 0.05) is 42.8 Å². The van der Waals surface area contributed by atoms with Crippen LogP contribution in [0.3, 0.4) is 0 Å². The van der Waals surface area contributed by atoms with Crippen LogP contribution in [-0.4, -0.2) is 48.5 Å². The van der Waals surface area contributed by atoms with Crippen molar-refractivity contribution in [2.24, 2.45) is 10.7 Å². The lowest BCUT2D eigenvalue weighted by molar-refractivity contribution is 0.149. The van der Waals surface area contributed by atoms with Crippen molar-refractivity contribution in [3.05, 3.63) is 69.2 Å². The van der Waals surface area contributed by atoms with Gasteiger partial charge < -0.3 is 10.6 Å². The average molecular weight is 419 g/mol. The van der Waals surface area contributed by atoms with Crippen LogP contribution < -0.4 is 5.73 Å². The lowest BCUT2D eigenvalue weighted by Crippen LogP contribution is -2.52. The van der Waals surface area contributed by atoms with E-state index in [9.17, 15) is 0 Å². The van der Waals surface area contributed by atoms with Gasteiger partial charge in [-0.3, -0.25) is 9.89 Å². The fourth-order valence-corrected chi connectivity index (χ4v) is 4.11. The summed E-state index contributed by atoms with van der Waals surface area (Å²) < 4.78 is 0. The molecule has 2 aromatic carbocycles. The van der Waals surface area contributed by atoms with Crippen molar-refractivity contribution >= 4 is 29.2 Å². The Morgan fingerprint density at radius 1 is 1.07 bits per heavy atom. The van der Waals surface area contributed by atoms with E-state index in [1.807, 2.05) is 18.2 Å². The molecule has 1 fully saturated rings. The Balaban J connectivity index is 1.85. The maximum absolute atomic E-state index is 6.60. The molecule has 28 heavy (non-hydrogen) atoms. The smallest absolute Gasteiger partial charge is 0.191 e. The molecule has 2 aromatic rings. The first-order valence-corrected chi connectivity index (χ1v) is 10.6. The third-order valence-corrected chi connectivity index (χ3v) is 5.71. The molecule has 1 aliphatic rings. The van der Waals surface area contributed by atoms with Crippen LogP contribution >= 0.6 is 23.2 Å². The van der Waals surface area contributed by atoms with Crippen LogP contribution in [0.15, 0.2) is 47.5 Å². The lowest BCUT2D eigenvalue weighted by atomic mass is 9.95. The van der Waals surface area contributed by atoms with Gasteiger partial charge in [0.1, 0.15) is 0 Å². The van der Waals surface area contributed by atoms with Crippen LogP contribution in [0.5, 0.6) is 0 Å². The summed E-state index contributed by atoms with van der Waals surface area (Å²) in [6.07, 6.45) is 1.01. The first-order chi connectivity index (χ1) is 13.5. The van der Waals surface area contributed by atoms with Crippen LogP contribution in [0.4, 0.5) is 0 Å². The molecule has 0 amide bonds. The monoisotopic (exact) mass is 418 g/mol. The predicted molar refractivity (Wildman–Crippen MR) is 119 cm³/mol. The Morgan fingerprint density at radius 3 is 2.36 bits per heavy atom. The summed E-state index contributed by atoms with van der Waals surface area (Å²) in [4.78, 5) is 9.08. The largest absolute Gasteiger partial charge is 0.370 e. The van der Waals surface area contributed by atoms with Gasteiger partial charge in [-0.25, -0.2) is 0 Å². The number of nitrogens with two attached hydrogens (primary N) is 1. The molecule has 1 heterocycles. The van der Waals surface area contributed by atoms with Crippen molar-refractivity contribution in [2.45, 2.75) is 26.3 Å². The van der Waals surface area contributed by atoms with Gasteiger partial charge in [-0.15, -0.1) is 0 Å². The summed E-state index contributed by atoms with van der Waals surface area (Å²) >= 11 is 12.7. The number of hydrogen-bond acceptors (Lipinski definition) is 2. The molecule has 6 heteroatoms. The van der Waals surface area contributed by atoms with E-state index >= 15 is 0 Å². The maximum atomic E-state index is 6.60. The molecule has 0 saturated carbocycles. The molecule has 1 aliphatic heterocycles. The van der Waals surface area contributed by atoms with E-state index < -0.39 is 0 Å². The number of hydrogen-bond donors (Lipinski definition) is 1. The minimum absolute atomic E-state index is 0.0846. The number of nitrogens with zero attached hydrogens (tertiary/aromatic N) is 3. The highest BCUT2D eigenvalue weighted by atomic mass is 35.5. The van der Waals surface area contributed by atoms with Crippen molar-refractivity contribution in [3.63, 3.8) is 0 Å². The molecule has 0 aliphatic carbocycles. The van der Waals surface area contributed by atoms with E-state index in [2.05, 4.69) is 52.9 Å². The molecule has 1 unspecified atom stereocenters. The molecule has 0 radical (unpaired) electrons. The Kier molecular flexibility index (Phi) is 7.22. The van der Waals surface area contributed by atoms with Gasteiger partial charge in [0.05, 0.1) is 6.04 Å². The summed E-state index contributed by atoms with van der Waals surface area (Å²) in [5.74, 6) is 0.651. The van der Waals surface area contributed by atoms with Crippen molar-refractivity contribution < 1.29 is 0 Å². The molecule has 0 aromatic heterocycles. The van der Waals surface area contributed by atoms with Crippen LogP contribution in [0.25, 0.3) is 0 Å².